The molecule has 7 nitrogen and oxygen atoms in total. The van der Waals surface area contributed by atoms with Crippen molar-refractivity contribution in [2.24, 2.45) is 0 Å². The van der Waals surface area contributed by atoms with Gasteiger partial charge in [-0.3, -0.25) is 5.10 Å². The highest BCUT2D eigenvalue weighted by Crippen LogP contribution is 2.37. The number of benzene rings is 1. The van der Waals surface area contributed by atoms with Gasteiger partial charge < -0.3 is 15.0 Å². The maximum atomic E-state index is 11.5. The minimum absolute atomic E-state index is 0. The Bertz CT molecular complexity index is 981. The molecule has 1 aliphatic rings. The number of carbonyl (C=O) groups excluding carboxylic acids is 1. The fourth-order valence-electron chi connectivity index (χ4n) is 3.38. The summed E-state index contributed by atoms with van der Waals surface area (Å²) in [5, 5.41) is 11.6. The number of H-pyrrole nitrogens is 1. The number of aromatic amines is 1. The Morgan fingerprint density at radius 3 is 2.68 bits per heavy atom. The summed E-state index contributed by atoms with van der Waals surface area (Å²) in [7, 11) is 1.36. The third-order valence-corrected chi connectivity index (χ3v) is 4.69. The van der Waals surface area contributed by atoms with Crippen LogP contribution >= 0.6 is 12.4 Å². The molecule has 0 bridgehead atoms. The summed E-state index contributed by atoms with van der Waals surface area (Å²) in [5.41, 5.74) is 4.62. The molecule has 0 atom stereocenters. The first-order valence-corrected chi connectivity index (χ1v) is 8.92. The molecule has 1 saturated heterocycles. The van der Waals surface area contributed by atoms with Crippen LogP contribution < -0.4 is 10.2 Å². The first-order chi connectivity index (χ1) is 13.3. The number of halogens is 1. The van der Waals surface area contributed by atoms with Crippen molar-refractivity contribution in [2.45, 2.75) is 0 Å². The Morgan fingerprint density at radius 1 is 1.21 bits per heavy atom. The Morgan fingerprint density at radius 2 is 1.96 bits per heavy atom. The van der Waals surface area contributed by atoms with Crippen LogP contribution in [-0.4, -0.2) is 54.4 Å². The highest BCUT2D eigenvalue weighted by atomic mass is 35.5. The SMILES string of the molecule is COC(=O)/C=C/c1[nH]nc2ncc(-c3ccccc3)c(N3CCNCC3)c12.Cl. The Kier molecular flexibility index (Phi) is 6.28. The number of hydrogen-bond acceptors (Lipinski definition) is 6. The largest absolute Gasteiger partial charge is 0.466 e. The van der Waals surface area contributed by atoms with Crippen LogP contribution in [-0.2, 0) is 9.53 Å². The van der Waals surface area contributed by atoms with E-state index in [1.165, 1.54) is 13.2 Å². The van der Waals surface area contributed by atoms with Gasteiger partial charge in [0.05, 0.1) is 23.9 Å². The normalized spacial score (nSPS) is 14.2. The van der Waals surface area contributed by atoms with Crippen LogP contribution in [0.5, 0.6) is 0 Å². The number of carbonyl (C=O) groups is 1. The second-order valence-electron chi connectivity index (χ2n) is 6.32. The van der Waals surface area contributed by atoms with E-state index in [0.717, 1.165) is 54.1 Å². The monoisotopic (exact) mass is 399 g/mol. The lowest BCUT2D eigenvalue weighted by Crippen LogP contribution is -2.43. The number of nitrogens with one attached hydrogen (secondary N) is 2. The van der Waals surface area contributed by atoms with Gasteiger partial charge in [-0.1, -0.05) is 30.3 Å². The van der Waals surface area contributed by atoms with Gasteiger partial charge in [-0.05, 0) is 11.6 Å². The molecule has 0 spiro atoms. The van der Waals surface area contributed by atoms with Crippen molar-refractivity contribution in [3.8, 4) is 11.1 Å². The molecule has 0 aliphatic carbocycles. The van der Waals surface area contributed by atoms with E-state index in [4.69, 9.17) is 4.74 Å². The molecule has 1 fully saturated rings. The lowest BCUT2D eigenvalue weighted by molar-refractivity contribution is -0.134. The number of methoxy groups -OCH3 is 1. The van der Waals surface area contributed by atoms with Gasteiger partial charge in [0, 0.05) is 44.0 Å². The van der Waals surface area contributed by atoms with E-state index in [9.17, 15) is 4.79 Å². The topological polar surface area (TPSA) is 83.1 Å². The molecular weight excluding hydrogens is 378 g/mol. The molecule has 4 rings (SSSR count). The van der Waals surface area contributed by atoms with Crippen LogP contribution in [0.3, 0.4) is 0 Å². The van der Waals surface area contributed by atoms with Crippen molar-refractivity contribution < 1.29 is 9.53 Å². The van der Waals surface area contributed by atoms with E-state index in [-0.39, 0.29) is 12.4 Å². The van der Waals surface area contributed by atoms with Gasteiger partial charge in [-0.15, -0.1) is 12.4 Å². The van der Waals surface area contributed by atoms with Crippen molar-refractivity contribution in [3.63, 3.8) is 0 Å². The molecule has 8 heteroatoms. The number of esters is 1. The summed E-state index contributed by atoms with van der Waals surface area (Å²) in [6.45, 7) is 3.63. The van der Waals surface area contributed by atoms with Crippen molar-refractivity contribution in [2.75, 3.05) is 38.2 Å². The second kappa shape index (κ2) is 8.86. The molecule has 0 saturated carbocycles. The molecule has 0 unspecified atom stereocenters. The van der Waals surface area contributed by atoms with Gasteiger partial charge >= 0.3 is 5.97 Å². The quantitative estimate of drug-likeness (QED) is 0.518. The predicted molar refractivity (Wildman–Crippen MR) is 113 cm³/mol. The summed E-state index contributed by atoms with van der Waals surface area (Å²) in [6.07, 6.45) is 4.97. The van der Waals surface area contributed by atoms with Crippen LogP contribution in [0.4, 0.5) is 5.69 Å². The van der Waals surface area contributed by atoms with Gasteiger partial charge in [0.1, 0.15) is 0 Å². The lowest BCUT2D eigenvalue weighted by atomic mass is 10.0. The van der Waals surface area contributed by atoms with Gasteiger partial charge in [0.25, 0.3) is 0 Å². The number of pyridine rings is 1. The molecular formula is C20H22ClN5O2. The van der Waals surface area contributed by atoms with E-state index in [2.05, 4.69) is 37.5 Å². The molecule has 2 N–H and O–H groups in total. The maximum absolute atomic E-state index is 11.5. The number of nitrogens with zero attached hydrogens (tertiary/aromatic N) is 3. The Hall–Kier alpha value is -2.90. The summed E-state index contributed by atoms with van der Waals surface area (Å²) >= 11 is 0. The predicted octanol–water partition coefficient (Wildman–Crippen LogP) is 2.64. The molecule has 3 heterocycles. The minimum atomic E-state index is -0.409. The third-order valence-electron chi connectivity index (χ3n) is 4.69. The number of piperazine rings is 1. The zero-order valence-corrected chi connectivity index (χ0v) is 16.3. The Balaban J connectivity index is 0.00000225. The second-order valence-corrected chi connectivity index (χ2v) is 6.32. The molecule has 146 valence electrons. The fraction of sp³-hybridized carbons (Fsp3) is 0.250. The van der Waals surface area contributed by atoms with Crippen LogP contribution in [0.1, 0.15) is 5.69 Å². The van der Waals surface area contributed by atoms with Gasteiger partial charge in [0.15, 0.2) is 5.65 Å². The first kappa shape index (κ1) is 19.9. The molecule has 0 radical (unpaired) electrons. The van der Waals surface area contributed by atoms with Crippen molar-refractivity contribution in [1.82, 2.24) is 20.5 Å². The number of anilines is 1. The molecule has 1 aromatic carbocycles. The summed E-state index contributed by atoms with van der Waals surface area (Å²) in [5.74, 6) is -0.409. The zero-order chi connectivity index (χ0) is 18.6. The van der Waals surface area contributed by atoms with Crippen molar-refractivity contribution in [1.29, 1.82) is 0 Å². The lowest BCUT2D eigenvalue weighted by Gasteiger charge is -2.31. The summed E-state index contributed by atoms with van der Waals surface area (Å²) in [4.78, 5) is 18.4. The van der Waals surface area contributed by atoms with Crippen LogP contribution in [0, 0.1) is 0 Å². The smallest absolute Gasteiger partial charge is 0.330 e. The van der Waals surface area contributed by atoms with Gasteiger partial charge in [-0.25, -0.2) is 9.78 Å². The first-order valence-electron chi connectivity index (χ1n) is 8.92. The summed E-state index contributed by atoms with van der Waals surface area (Å²) in [6, 6.07) is 10.2. The van der Waals surface area contributed by atoms with E-state index >= 15 is 0 Å². The molecule has 1 aliphatic heterocycles. The van der Waals surface area contributed by atoms with E-state index in [1.807, 2.05) is 24.4 Å². The standard InChI is InChI=1S/C20H21N5O2.ClH/c1-27-17(26)8-7-16-18-19(25-11-9-21-10-12-25)15(13-22-20(18)24-23-16)14-5-3-2-4-6-14;/h2-8,13,21H,9-12H2,1H3,(H,22,23,24);1H/b8-7+;. The minimum Gasteiger partial charge on any atom is -0.466 e. The average molecular weight is 400 g/mol. The summed E-state index contributed by atoms with van der Waals surface area (Å²) < 4.78 is 4.71. The maximum Gasteiger partial charge on any atom is 0.330 e. The van der Waals surface area contributed by atoms with Gasteiger partial charge in [0.2, 0.25) is 0 Å². The van der Waals surface area contributed by atoms with E-state index < -0.39 is 5.97 Å². The highest BCUT2D eigenvalue weighted by molar-refractivity contribution is 6.03. The molecule has 28 heavy (non-hydrogen) atoms. The van der Waals surface area contributed by atoms with Crippen LogP contribution in [0.2, 0.25) is 0 Å². The van der Waals surface area contributed by atoms with E-state index in [1.54, 1.807) is 6.08 Å². The van der Waals surface area contributed by atoms with Gasteiger partial charge in [-0.2, -0.15) is 5.10 Å². The third kappa shape index (κ3) is 3.85. The molecule has 2 aromatic heterocycles. The zero-order valence-electron chi connectivity index (χ0n) is 15.5. The van der Waals surface area contributed by atoms with Crippen LogP contribution in [0.25, 0.3) is 28.2 Å². The highest BCUT2D eigenvalue weighted by Gasteiger charge is 2.22. The Labute approximate surface area is 169 Å². The van der Waals surface area contributed by atoms with Crippen molar-refractivity contribution >= 4 is 41.2 Å². The number of hydrogen-bond donors (Lipinski definition) is 2. The number of aromatic nitrogens is 3. The number of rotatable bonds is 4. The number of fused-ring (bicyclic) bond motifs is 1. The van der Waals surface area contributed by atoms with Crippen molar-refractivity contribution in [3.05, 3.63) is 48.3 Å². The average Bonchev–Trinajstić information content (AvgIpc) is 3.15. The molecule has 3 aromatic rings. The fourth-order valence-corrected chi connectivity index (χ4v) is 3.38. The van der Waals surface area contributed by atoms with E-state index in [0.29, 0.717) is 5.65 Å². The number of ether oxygens (including phenoxy) is 1. The van der Waals surface area contributed by atoms with Crippen LogP contribution in [0.15, 0.2) is 42.6 Å². The molecule has 0 amide bonds.